The largest absolute Gasteiger partial charge is 0.416 e. The fraction of sp³-hybridized carbons (Fsp3) is 0.312. The minimum atomic E-state index is -4.65. The molecule has 2 N–H and O–H groups in total. The number of carbonyl (C=O) groups is 1. The topological polar surface area (TPSA) is 75.3 Å². The van der Waals surface area contributed by atoms with Crippen molar-refractivity contribution in [2.75, 3.05) is 6.54 Å². The molecule has 0 saturated carbocycles. The normalized spacial score (nSPS) is 13.4. The van der Waals surface area contributed by atoms with Gasteiger partial charge in [0, 0.05) is 4.88 Å². The predicted octanol–water partition coefficient (Wildman–Crippen LogP) is 3.31. The molecule has 1 unspecified atom stereocenters. The van der Waals surface area contributed by atoms with Gasteiger partial charge in [0.1, 0.15) is 0 Å². The molecule has 0 saturated heterocycles. The molecule has 1 amide bonds. The highest BCUT2D eigenvalue weighted by atomic mass is 32.2. The molecule has 0 bridgehead atoms. The summed E-state index contributed by atoms with van der Waals surface area (Å²) in [6.07, 6.45) is -4.04. The lowest BCUT2D eigenvalue weighted by Crippen LogP contribution is -2.38. The van der Waals surface area contributed by atoms with E-state index in [1.807, 2.05) is 29.2 Å². The molecule has 2 aromatic rings. The Balaban J connectivity index is 2.02. The molecule has 5 nitrogen and oxygen atoms in total. The molecule has 1 aromatic carbocycles. The van der Waals surface area contributed by atoms with Crippen molar-refractivity contribution in [3.8, 4) is 0 Å². The first-order valence-corrected chi connectivity index (χ1v) is 9.99. The van der Waals surface area contributed by atoms with E-state index in [1.165, 1.54) is 11.3 Å². The second kappa shape index (κ2) is 8.19. The minimum Gasteiger partial charge on any atom is -0.347 e. The number of amides is 1. The van der Waals surface area contributed by atoms with Crippen LogP contribution in [0.3, 0.4) is 0 Å². The number of hydrogen-bond donors (Lipinski definition) is 2. The van der Waals surface area contributed by atoms with Crippen LogP contribution >= 0.6 is 11.3 Å². The van der Waals surface area contributed by atoms with Gasteiger partial charge in [-0.15, -0.1) is 11.3 Å². The zero-order valence-electron chi connectivity index (χ0n) is 13.7. The van der Waals surface area contributed by atoms with Gasteiger partial charge < -0.3 is 5.32 Å². The lowest BCUT2D eigenvalue weighted by molar-refractivity contribution is -0.137. The van der Waals surface area contributed by atoms with Crippen LogP contribution in [0.4, 0.5) is 13.2 Å². The maximum Gasteiger partial charge on any atom is 0.416 e. The summed E-state index contributed by atoms with van der Waals surface area (Å²) in [5.41, 5.74) is -1.08. The molecule has 26 heavy (non-hydrogen) atoms. The highest BCUT2D eigenvalue weighted by Crippen LogP contribution is 2.30. The summed E-state index contributed by atoms with van der Waals surface area (Å²) >= 11 is 1.46. The zero-order valence-corrected chi connectivity index (χ0v) is 15.3. The molecule has 10 heteroatoms. The average Bonchev–Trinajstić information content (AvgIpc) is 3.12. The van der Waals surface area contributed by atoms with Gasteiger partial charge in [-0.25, -0.2) is 13.1 Å². The number of alkyl halides is 3. The molecule has 0 radical (unpaired) electrons. The van der Waals surface area contributed by atoms with E-state index in [2.05, 4.69) is 5.32 Å². The van der Waals surface area contributed by atoms with Gasteiger partial charge in [0.25, 0.3) is 0 Å². The summed E-state index contributed by atoms with van der Waals surface area (Å²) in [5, 5.41) is 4.55. The first-order valence-electron chi connectivity index (χ1n) is 7.63. The summed E-state index contributed by atoms with van der Waals surface area (Å²) in [6.45, 7) is 1.30. The fourth-order valence-corrected chi connectivity index (χ4v) is 4.08. The van der Waals surface area contributed by atoms with E-state index in [0.29, 0.717) is 12.5 Å². The van der Waals surface area contributed by atoms with Crippen LogP contribution in [0.1, 0.15) is 29.8 Å². The van der Waals surface area contributed by atoms with Crippen LogP contribution in [0, 0.1) is 0 Å². The summed E-state index contributed by atoms with van der Waals surface area (Å²) in [4.78, 5) is 12.4. The number of halogens is 3. The van der Waals surface area contributed by atoms with Crippen LogP contribution in [0.2, 0.25) is 0 Å². The molecule has 0 aliphatic carbocycles. The zero-order chi connectivity index (χ0) is 19.4. The van der Waals surface area contributed by atoms with E-state index in [1.54, 1.807) is 0 Å². The summed E-state index contributed by atoms with van der Waals surface area (Å²) in [7, 11) is -4.24. The first-order chi connectivity index (χ1) is 12.1. The standard InChI is InChI=1S/C16H17F3N2O3S2/c1-2-13(14-7-4-8-25-14)21-15(22)10-20-26(23,24)12-6-3-5-11(9-12)16(17,18)19/h3-9,13,20H,2,10H2,1H3,(H,21,22). The van der Waals surface area contributed by atoms with Crippen molar-refractivity contribution >= 4 is 27.3 Å². The number of rotatable bonds is 7. The van der Waals surface area contributed by atoms with Crippen molar-refractivity contribution in [2.24, 2.45) is 0 Å². The van der Waals surface area contributed by atoms with Crippen LogP contribution in [0.25, 0.3) is 0 Å². The summed E-state index contributed by atoms with van der Waals surface area (Å²) in [6, 6.07) is 6.79. The van der Waals surface area contributed by atoms with Gasteiger partial charge in [0.05, 0.1) is 23.0 Å². The number of sulfonamides is 1. The summed E-state index contributed by atoms with van der Waals surface area (Å²) < 4.78 is 64.4. The Labute approximate surface area is 153 Å². The number of benzene rings is 1. The lowest BCUT2D eigenvalue weighted by atomic mass is 10.2. The Kier molecular flexibility index (Phi) is 6.43. The second-order valence-electron chi connectivity index (χ2n) is 5.39. The Morgan fingerprint density at radius 1 is 1.23 bits per heavy atom. The number of hydrogen-bond acceptors (Lipinski definition) is 4. The number of nitrogens with one attached hydrogen (secondary N) is 2. The van der Waals surface area contributed by atoms with Gasteiger partial charge in [-0.3, -0.25) is 4.79 Å². The lowest BCUT2D eigenvalue weighted by Gasteiger charge is -2.16. The Hall–Kier alpha value is -1.91. The van der Waals surface area contributed by atoms with Gasteiger partial charge in [0.2, 0.25) is 15.9 Å². The van der Waals surface area contributed by atoms with E-state index < -0.39 is 39.1 Å². The van der Waals surface area contributed by atoms with Crippen molar-refractivity contribution in [1.29, 1.82) is 0 Å². The van der Waals surface area contributed by atoms with Crippen molar-refractivity contribution in [3.05, 3.63) is 52.2 Å². The first kappa shape index (κ1) is 20.4. The highest BCUT2D eigenvalue weighted by molar-refractivity contribution is 7.89. The third-order valence-corrected chi connectivity index (χ3v) is 5.91. The van der Waals surface area contributed by atoms with Gasteiger partial charge in [-0.1, -0.05) is 19.1 Å². The van der Waals surface area contributed by atoms with Crippen molar-refractivity contribution in [1.82, 2.24) is 10.0 Å². The molecule has 2 rings (SSSR count). The molecule has 0 spiro atoms. The number of thiophene rings is 1. The van der Waals surface area contributed by atoms with Crippen molar-refractivity contribution < 1.29 is 26.4 Å². The molecule has 0 fully saturated rings. The monoisotopic (exact) mass is 406 g/mol. The van der Waals surface area contributed by atoms with E-state index in [4.69, 9.17) is 0 Å². The third kappa shape index (κ3) is 5.29. The number of carbonyl (C=O) groups excluding carboxylic acids is 1. The predicted molar refractivity (Wildman–Crippen MR) is 92.1 cm³/mol. The van der Waals surface area contributed by atoms with Crippen molar-refractivity contribution in [2.45, 2.75) is 30.5 Å². The fourth-order valence-electron chi connectivity index (χ4n) is 2.19. The Morgan fingerprint density at radius 2 is 1.96 bits per heavy atom. The Bertz CT molecular complexity index is 850. The molecule has 1 heterocycles. The quantitative estimate of drug-likeness (QED) is 0.741. The van der Waals surface area contributed by atoms with Crippen LogP contribution in [-0.4, -0.2) is 20.9 Å². The van der Waals surface area contributed by atoms with E-state index in [0.717, 1.165) is 23.1 Å². The SMILES string of the molecule is CCC(NC(=O)CNS(=O)(=O)c1cccc(C(F)(F)F)c1)c1cccs1. The van der Waals surface area contributed by atoms with Gasteiger partial charge >= 0.3 is 6.18 Å². The Morgan fingerprint density at radius 3 is 2.54 bits per heavy atom. The average molecular weight is 406 g/mol. The third-order valence-electron chi connectivity index (χ3n) is 3.52. The molecule has 1 atom stereocenters. The molecular formula is C16H17F3N2O3S2. The summed E-state index contributed by atoms with van der Waals surface area (Å²) in [5.74, 6) is -0.569. The van der Waals surface area contributed by atoms with E-state index >= 15 is 0 Å². The van der Waals surface area contributed by atoms with Crippen LogP contribution in [-0.2, 0) is 21.0 Å². The van der Waals surface area contributed by atoms with Crippen molar-refractivity contribution in [3.63, 3.8) is 0 Å². The maximum absolute atomic E-state index is 12.7. The molecule has 1 aromatic heterocycles. The molecule has 142 valence electrons. The van der Waals surface area contributed by atoms with Crippen LogP contribution < -0.4 is 10.0 Å². The minimum absolute atomic E-state index is 0.249. The van der Waals surface area contributed by atoms with Crippen LogP contribution in [0.15, 0.2) is 46.7 Å². The molecule has 0 aliphatic heterocycles. The van der Waals surface area contributed by atoms with E-state index in [-0.39, 0.29) is 6.04 Å². The van der Waals surface area contributed by atoms with Gasteiger partial charge in [-0.2, -0.15) is 13.2 Å². The van der Waals surface area contributed by atoms with Gasteiger partial charge in [0.15, 0.2) is 0 Å². The van der Waals surface area contributed by atoms with Crippen LogP contribution in [0.5, 0.6) is 0 Å². The second-order valence-corrected chi connectivity index (χ2v) is 8.14. The molecular weight excluding hydrogens is 389 g/mol. The molecule has 0 aliphatic rings. The van der Waals surface area contributed by atoms with Gasteiger partial charge in [-0.05, 0) is 36.1 Å². The maximum atomic E-state index is 12.7. The highest BCUT2D eigenvalue weighted by Gasteiger charge is 2.31. The smallest absolute Gasteiger partial charge is 0.347 e. The van der Waals surface area contributed by atoms with E-state index in [9.17, 15) is 26.4 Å².